The molecule has 1 amide bonds. The minimum atomic E-state index is -0.271. The molecule has 2 aliphatic rings. The number of nitrogens with two attached hydrogens (primary N) is 1. The van der Waals surface area contributed by atoms with Crippen LogP contribution in [0.4, 0.5) is 5.69 Å². The van der Waals surface area contributed by atoms with E-state index in [1.165, 1.54) is 0 Å². The van der Waals surface area contributed by atoms with Gasteiger partial charge in [0.25, 0.3) is 5.91 Å². The number of aliphatic hydroxyl groups is 1. The number of aromatic nitrogens is 2. The van der Waals surface area contributed by atoms with E-state index in [0.717, 1.165) is 12.8 Å². The molecular weight excluding hydrogens is 244 g/mol. The second kappa shape index (κ2) is 4.23. The topological polar surface area (TPSA) is 84.4 Å². The van der Waals surface area contributed by atoms with Crippen molar-refractivity contribution >= 4 is 11.6 Å². The van der Waals surface area contributed by atoms with Crippen molar-refractivity contribution in [2.45, 2.75) is 50.8 Å². The molecule has 3 heterocycles. The van der Waals surface area contributed by atoms with E-state index in [1.54, 1.807) is 18.7 Å². The number of fused-ring (bicyclic) bond motifs is 2. The summed E-state index contributed by atoms with van der Waals surface area (Å²) in [6.45, 7) is 1.81. The fourth-order valence-corrected chi connectivity index (χ4v) is 3.53. The summed E-state index contributed by atoms with van der Waals surface area (Å²) in [7, 11) is 1.75. The molecule has 2 unspecified atom stereocenters. The standard InChI is InChI=1S/C13H20N4O2/c1-7-11(14)12(16(2)15-7)13(19)17-8-3-4-9(17)6-10(18)5-8/h8-10,18H,3-6,14H2,1-2H3. The van der Waals surface area contributed by atoms with Crippen LogP contribution in [0, 0.1) is 6.92 Å². The summed E-state index contributed by atoms with van der Waals surface area (Å²) in [5, 5.41) is 14.0. The van der Waals surface area contributed by atoms with Crippen LogP contribution < -0.4 is 5.73 Å². The number of hydrogen-bond acceptors (Lipinski definition) is 4. The molecule has 1 aromatic rings. The summed E-state index contributed by atoms with van der Waals surface area (Å²) in [5.41, 5.74) is 7.61. The summed E-state index contributed by atoms with van der Waals surface area (Å²) in [5.74, 6) is -0.0417. The fraction of sp³-hybridized carbons (Fsp3) is 0.692. The second-order valence-corrected chi connectivity index (χ2v) is 5.69. The van der Waals surface area contributed by atoms with Crippen molar-refractivity contribution < 1.29 is 9.90 Å². The molecule has 104 valence electrons. The molecule has 0 spiro atoms. The number of rotatable bonds is 1. The number of aryl methyl sites for hydroxylation is 2. The van der Waals surface area contributed by atoms with Crippen LogP contribution in [0.1, 0.15) is 41.9 Å². The van der Waals surface area contributed by atoms with Crippen molar-refractivity contribution in [3.63, 3.8) is 0 Å². The molecule has 0 aromatic carbocycles. The van der Waals surface area contributed by atoms with Crippen molar-refractivity contribution in [3.8, 4) is 0 Å². The number of amides is 1. The van der Waals surface area contributed by atoms with E-state index >= 15 is 0 Å². The Balaban J connectivity index is 1.93. The van der Waals surface area contributed by atoms with Crippen LogP contribution in [0.2, 0.25) is 0 Å². The van der Waals surface area contributed by atoms with Gasteiger partial charge in [-0.3, -0.25) is 9.48 Å². The van der Waals surface area contributed by atoms with Crippen molar-refractivity contribution in [2.24, 2.45) is 7.05 Å². The summed E-state index contributed by atoms with van der Waals surface area (Å²) in [6.07, 6.45) is 3.04. The zero-order valence-electron chi connectivity index (χ0n) is 11.3. The van der Waals surface area contributed by atoms with E-state index in [0.29, 0.717) is 29.9 Å². The van der Waals surface area contributed by atoms with Gasteiger partial charge in [-0.05, 0) is 32.6 Å². The highest BCUT2D eigenvalue weighted by Crippen LogP contribution is 2.37. The second-order valence-electron chi connectivity index (χ2n) is 5.69. The smallest absolute Gasteiger partial charge is 0.274 e. The van der Waals surface area contributed by atoms with E-state index in [1.807, 2.05) is 4.90 Å². The van der Waals surface area contributed by atoms with Gasteiger partial charge in [-0.25, -0.2) is 0 Å². The van der Waals surface area contributed by atoms with Gasteiger partial charge < -0.3 is 15.7 Å². The maximum atomic E-state index is 12.7. The SMILES string of the molecule is Cc1nn(C)c(C(=O)N2C3CCC2CC(O)C3)c1N. The first-order valence-corrected chi connectivity index (χ1v) is 6.78. The molecule has 6 heteroatoms. The van der Waals surface area contributed by atoms with Crippen LogP contribution in [-0.4, -0.2) is 43.9 Å². The summed E-state index contributed by atoms with van der Waals surface area (Å²) < 4.78 is 1.57. The fourth-order valence-electron chi connectivity index (χ4n) is 3.53. The van der Waals surface area contributed by atoms with Gasteiger partial charge in [0.15, 0.2) is 0 Å². The lowest BCUT2D eigenvalue weighted by Crippen LogP contribution is -2.48. The van der Waals surface area contributed by atoms with Gasteiger partial charge in [-0.2, -0.15) is 5.10 Å². The van der Waals surface area contributed by atoms with Gasteiger partial charge in [0.05, 0.1) is 17.5 Å². The van der Waals surface area contributed by atoms with Gasteiger partial charge >= 0.3 is 0 Å². The van der Waals surface area contributed by atoms with E-state index in [-0.39, 0.29) is 24.1 Å². The highest BCUT2D eigenvalue weighted by molar-refractivity contribution is 5.98. The lowest BCUT2D eigenvalue weighted by atomic mass is 9.99. The number of carbonyl (C=O) groups is 1. The van der Waals surface area contributed by atoms with Crippen LogP contribution in [0.3, 0.4) is 0 Å². The zero-order chi connectivity index (χ0) is 13.7. The monoisotopic (exact) mass is 264 g/mol. The molecule has 0 aliphatic carbocycles. The van der Waals surface area contributed by atoms with E-state index in [2.05, 4.69) is 5.10 Å². The van der Waals surface area contributed by atoms with Crippen molar-refractivity contribution in [3.05, 3.63) is 11.4 Å². The molecule has 0 radical (unpaired) electrons. The number of aliphatic hydroxyl groups excluding tert-OH is 1. The first-order chi connectivity index (χ1) is 8.99. The van der Waals surface area contributed by atoms with Crippen LogP contribution in [0.5, 0.6) is 0 Å². The third kappa shape index (κ3) is 1.82. The molecule has 3 N–H and O–H groups in total. The number of nitrogens with zero attached hydrogens (tertiary/aromatic N) is 3. The van der Waals surface area contributed by atoms with Crippen LogP contribution in [0.25, 0.3) is 0 Å². The minimum absolute atomic E-state index is 0.0417. The Hall–Kier alpha value is -1.56. The third-order valence-corrected chi connectivity index (χ3v) is 4.41. The lowest BCUT2D eigenvalue weighted by Gasteiger charge is -2.37. The van der Waals surface area contributed by atoms with Crippen molar-refractivity contribution in [2.75, 3.05) is 5.73 Å². The summed E-state index contributed by atoms with van der Waals surface area (Å²) in [6, 6.07) is 0.298. The third-order valence-electron chi connectivity index (χ3n) is 4.41. The first kappa shape index (κ1) is 12.5. The highest BCUT2D eigenvalue weighted by atomic mass is 16.3. The van der Waals surface area contributed by atoms with Crippen LogP contribution in [0.15, 0.2) is 0 Å². The molecule has 3 rings (SSSR count). The first-order valence-electron chi connectivity index (χ1n) is 6.78. The molecule has 1 aromatic heterocycles. The minimum Gasteiger partial charge on any atom is -0.395 e. The largest absolute Gasteiger partial charge is 0.395 e. The number of carbonyl (C=O) groups excluding carboxylic acids is 1. The predicted molar refractivity (Wildman–Crippen MR) is 70.6 cm³/mol. The molecule has 2 fully saturated rings. The molecule has 2 atom stereocenters. The predicted octanol–water partition coefficient (Wildman–Crippen LogP) is 0.439. The Morgan fingerprint density at radius 1 is 1.37 bits per heavy atom. The quantitative estimate of drug-likeness (QED) is 0.770. The average Bonchev–Trinajstić information content (AvgIpc) is 2.74. The maximum absolute atomic E-state index is 12.7. The van der Waals surface area contributed by atoms with Gasteiger partial charge in [-0.15, -0.1) is 0 Å². The van der Waals surface area contributed by atoms with E-state index in [4.69, 9.17) is 5.73 Å². The Bertz CT molecular complexity index is 511. The Labute approximate surface area is 112 Å². The number of anilines is 1. The molecule has 0 saturated carbocycles. The van der Waals surface area contributed by atoms with Gasteiger partial charge in [0.1, 0.15) is 5.69 Å². The molecule has 2 aliphatic heterocycles. The Kier molecular flexibility index (Phi) is 2.78. The molecule has 19 heavy (non-hydrogen) atoms. The van der Waals surface area contributed by atoms with Gasteiger partial charge in [0, 0.05) is 19.1 Å². The number of piperidine rings is 1. The Morgan fingerprint density at radius 2 is 1.95 bits per heavy atom. The molecule has 2 bridgehead atoms. The molecular formula is C13H20N4O2. The van der Waals surface area contributed by atoms with Crippen molar-refractivity contribution in [1.29, 1.82) is 0 Å². The summed E-state index contributed by atoms with van der Waals surface area (Å²) >= 11 is 0. The average molecular weight is 264 g/mol. The number of hydrogen-bond donors (Lipinski definition) is 2. The maximum Gasteiger partial charge on any atom is 0.274 e. The zero-order valence-corrected chi connectivity index (χ0v) is 11.3. The number of nitrogen functional groups attached to an aromatic ring is 1. The van der Waals surface area contributed by atoms with Crippen LogP contribution in [-0.2, 0) is 7.05 Å². The molecule has 2 saturated heterocycles. The van der Waals surface area contributed by atoms with Gasteiger partial charge in [-0.1, -0.05) is 0 Å². The van der Waals surface area contributed by atoms with E-state index in [9.17, 15) is 9.90 Å². The summed E-state index contributed by atoms with van der Waals surface area (Å²) in [4.78, 5) is 14.6. The normalized spacial score (nSPS) is 29.8. The van der Waals surface area contributed by atoms with E-state index < -0.39 is 0 Å². The highest BCUT2D eigenvalue weighted by Gasteiger charge is 2.44. The van der Waals surface area contributed by atoms with Crippen molar-refractivity contribution in [1.82, 2.24) is 14.7 Å². The molecule has 6 nitrogen and oxygen atoms in total. The lowest BCUT2D eigenvalue weighted by molar-refractivity contribution is 0.0280. The van der Waals surface area contributed by atoms with Crippen LogP contribution >= 0.6 is 0 Å². The van der Waals surface area contributed by atoms with Gasteiger partial charge in [0.2, 0.25) is 0 Å². The Morgan fingerprint density at radius 3 is 2.42 bits per heavy atom.